The summed E-state index contributed by atoms with van der Waals surface area (Å²) in [5.41, 5.74) is 8.93. The van der Waals surface area contributed by atoms with E-state index in [1.807, 2.05) is 42.5 Å². The molecule has 0 atom stereocenters. The molecule has 0 aromatic heterocycles. The highest BCUT2D eigenvalue weighted by molar-refractivity contribution is 14.1. The summed E-state index contributed by atoms with van der Waals surface area (Å²) in [5, 5.41) is 9.52. The van der Waals surface area contributed by atoms with Crippen LogP contribution in [-0.4, -0.2) is 21.0 Å². The van der Waals surface area contributed by atoms with E-state index < -0.39 is 0 Å². The van der Waals surface area contributed by atoms with Gasteiger partial charge in [0.2, 0.25) is 0 Å². The number of rotatable bonds is 7. The topological polar surface area (TPSA) is 77.5 Å². The Hall–Kier alpha value is -2.24. The van der Waals surface area contributed by atoms with E-state index in [4.69, 9.17) is 19.9 Å². The van der Waals surface area contributed by atoms with Gasteiger partial charge in [-0.2, -0.15) is 5.26 Å². The SMILES string of the molecule is COCOc1c(I)cc(CC(C#N)=C(N)c2ccccc2)cc1OC. The highest BCUT2D eigenvalue weighted by Gasteiger charge is 2.14. The molecular weight excluding hydrogens is 431 g/mol. The zero-order valence-electron chi connectivity index (χ0n) is 14.1. The largest absolute Gasteiger partial charge is 0.493 e. The zero-order chi connectivity index (χ0) is 18.2. The fourth-order valence-electron chi connectivity index (χ4n) is 2.32. The van der Waals surface area contributed by atoms with Crippen LogP contribution in [0.4, 0.5) is 0 Å². The summed E-state index contributed by atoms with van der Waals surface area (Å²) in [6, 6.07) is 15.5. The first-order valence-electron chi connectivity index (χ1n) is 7.53. The van der Waals surface area contributed by atoms with Crippen LogP contribution in [0.1, 0.15) is 11.1 Å². The lowest BCUT2D eigenvalue weighted by Gasteiger charge is -2.14. The number of nitriles is 1. The predicted octanol–water partition coefficient (Wildman–Crippen LogP) is 3.72. The molecule has 0 saturated carbocycles. The molecule has 0 spiro atoms. The third-order valence-corrected chi connectivity index (χ3v) is 4.34. The van der Waals surface area contributed by atoms with Crippen LogP contribution in [-0.2, 0) is 11.2 Å². The van der Waals surface area contributed by atoms with Gasteiger partial charge in [-0.3, -0.25) is 0 Å². The van der Waals surface area contributed by atoms with Crippen molar-refractivity contribution in [3.8, 4) is 17.6 Å². The van der Waals surface area contributed by atoms with Gasteiger partial charge < -0.3 is 19.9 Å². The third kappa shape index (κ3) is 4.87. The van der Waals surface area contributed by atoms with Crippen LogP contribution < -0.4 is 15.2 Å². The summed E-state index contributed by atoms with van der Waals surface area (Å²) in [7, 11) is 3.14. The molecule has 0 bridgehead atoms. The molecule has 2 N–H and O–H groups in total. The zero-order valence-corrected chi connectivity index (χ0v) is 16.2. The first-order valence-corrected chi connectivity index (χ1v) is 8.60. The van der Waals surface area contributed by atoms with Gasteiger partial charge in [0, 0.05) is 13.5 Å². The Kier molecular flexibility index (Phi) is 7.10. The number of benzene rings is 2. The Labute approximate surface area is 161 Å². The minimum absolute atomic E-state index is 0.135. The van der Waals surface area contributed by atoms with Crippen molar-refractivity contribution in [1.82, 2.24) is 0 Å². The van der Waals surface area contributed by atoms with Gasteiger partial charge >= 0.3 is 0 Å². The van der Waals surface area contributed by atoms with Crippen molar-refractivity contribution in [3.05, 3.63) is 62.7 Å². The number of ether oxygens (including phenoxy) is 3. The monoisotopic (exact) mass is 450 g/mol. The average molecular weight is 450 g/mol. The predicted molar refractivity (Wildman–Crippen MR) is 105 cm³/mol. The Morgan fingerprint density at radius 3 is 2.52 bits per heavy atom. The smallest absolute Gasteiger partial charge is 0.188 e. The Bertz CT molecular complexity index is 798. The summed E-state index contributed by atoms with van der Waals surface area (Å²) < 4.78 is 16.8. The standard InChI is InChI=1S/C19H19IN2O3/c1-23-12-25-19-16(20)9-13(10-17(19)24-2)8-15(11-21)18(22)14-6-4-3-5-7-14/h3-7,9-10H,8,12,22H2,1-2H3. The number of allylic oxidation sites excluding steroid dienone is 1. The molecule has 0 fully saturated rings. The number of methoxy groups -OCH3 is 2. The van der Waals surface area contributed by atoms with Crippen LogP contribution in [0, 0.1) is 14.9 Å². The van der Waals surface area contributed by atoms with Crippen molar-refractivity contribution in [3.63, 3.8) is 0 Å². The second kappa shape index (κ2) is 9.30. The molecule has 2 aromatic carbocycles. The molecule has 25 heavy (non-hydrogen) atoms. The van der Waals surface area contributed by atoms with Crippen molar-refractivity contribution in [2.75, 3.05) is 21.0 Å². The quantitative estimate of drug-likeness (QED) is 0.395. The average Bonchev–Trinajstić information content (AvgIpc) is 2.65. The first kappa shape index (κ1) is 19.1. The van der Waals surface area contributed by atoms with Gasteiger partial charge in [-0.25, -0.2) is 0 Å². The van der Waals surface area contributed by atoms with E-state index in [0.29, 0.717) is 29.2 Å². The van der Waals surface area contributed by atoms with Crippen LogP contribution in [0.2, 0.25) is 0 Å². The van der Waals surface area contributed by atoms with Crippen molar-refractivity contribution >= 4 is 28.3 Å². The molecule has 0 heterocycles. The molecule has 0 aliphatic heterocycles. The summed E-state index contributed by atoms with van der Waals surface area (Å²) >= 11 is 2.17. The van der Waals surface area contributed by atoms with E-state index in [1.54, 1.807) is 14.2 Å². The number of halogens is 1. The summed E-state index contributed by atoms with van der Waals surface area (Å²) in [4.78, 5) is 0. The van der Waals surface area contributed by atoms with Crippen LogP contribution in [0.25, 0.3) is 5.70 Å². The second-order valence-electron chi connectivity index (χ2n) is 5.21. The number of nitrogens with zero attached hydrogens (tertiary/aromatic N) is 1. The fraction of sp³-hybridized carbons (Fsp3) is 0.211. The third-order valence-electron chi connectivity index (χ3n) is 3.54. The first-order chi connectivity index (χ1) is 12.1. The van der Waals surface area contributed by atoms with Crippen molar-refractivity contribution in [2.45, 2.75) is 6.42 Å². The molecule has 6 heteroatoms. The molecule has 5 nitrogen and oxygen atoms in total. The van der Waals surface area contributed by atoms with E-state index >= 15 is 0 Å². The highest BCUT2D eigenvalue weighted by Crippen LogP contribution is 2.34. The molecule has 0 radical (unpaired) electrons. The maximum absolute atomic E-state index is 9.52. The summed E-state index contributed by atoms with van der Waals surface area (Å²) in [6.45, 7) is 0.135. The molecule has 2 aromatic rings. The number of hydrogen-bond acceptors (Lipinski definition) is 5. The van der Waals surface area contributed by atoms with Crippen molar-refractivity contribution in [1.29, 1.82) is 5.26 Å². The number of nitrogens with two attached hydrogens (primary N) is 1. The molecule has 2 rings (SSSR count). The van der Waals surface area contributed by atoms with Gasteiger partial charge in [0.25, 0.3) is 0 Å². The lowest BCUT2D eigenvalue weighted by Crippen LogP contribution is -2.05. The van der Waals surface area contributed by atoms with Crippen molar-refractivity contribution in [2.24, 2.45) is 5.73 Å². The lowest BCUT2D eigenvalue weighted by atomic mass is 10.0. The van der Waals surface area contributed by atoms with Gasteiger partial charge in [-0.05, 0) is 45.9 Å². The van der Waals surface area contributed by atoms with Crippen LogP contribution in [0.5, 0.6) is 11.5 Å². The molecule has 0 amide bonds. The van der Waals surface area contributed by atoms with Gasteiger partial charge in [0.1, 0.15) is 0 Å². The molecule has 0 aliphatic rings. The van der Waals surface area contributed by atoms with Gasteiger partial charge in [-0.15, -0.1) is 0 Å². The van der Waals surface area contributed by atoms with E-state index in [9.17, 15) is 5.26 Å². The van der Waals surface area contributed by atoms with E-state index in [1.165, 1.54) is 0 Å². The van der Waals surface area contributed by atoms with Gasteiger partial charge in [0.05, 0.1) is 28.0 Å². The van der Waals surface area contributed by atoms with E-state index in [-0.39, 0.29) is 6.79 Å². The Morgan fingerprint density at radius 2 is 1.92 bits per heavy atom. The normalized spacial score (nSPS) is 11.4. The second-order valence-corrected chi connectivity index (χ2v) is 6.37. The molecule has 0 aliphatic carbocycles. The maximum Gasteiger partial charge on any atom is 0.188 e. The fourth-order valence-corrected chi connectivity index (χ4v) is 3.15. The molecular formula is C19H19IN2O3. The molecule has 130 valence electrons. The Morgan fingerprint density at radius 1 is 1.20 bits per heavy atom. The van der Waals surface area contributed by atoms with Gasteiger partial charge in [0.15, 0.2) is 18.3 Å². The van der Waals surface area contributed by atoms with Crippen LogP contribution in [0.3, 0.4) is 0 Å². The minimum atomic E-state index is 0.135. The Balaban J connectivity index is 2.35. The minimum Gasteiger partial charge on any atom is -0.493 e. The van der Waals surface area contributed by atoms with Crippen molar-refractivity contribution < 1.29 is 14.2 Å². The summed E-state index contributed by atoms with van der Waals surface area (Å²) in [5.74, 6) is 1.21. The molecule has 0 unspecified atom stereocenters. The lowest BCUT2D eigenvalue weighted by molar-refractivity contribution is 0.0485. The van der Waals surface area contributed by atoms with E-state index in [0.717, 1.165) is 14.7 Å². The number of hydrogen-bond donors (Lipinski definition) is 1. The van der Waals surface area contributed by atoms with Crippen LogP contribution in [0.15, 0.2) is 48.0 Å². The highest BCUT2D eigenvalue weighted by atomic mass is 127. The van der Waals surface area contributed by atoms with Gasteiger partial charge in [-0.1, -0.05) is 30.3 Å². The maximum atomic E-state index is 9.52. The van der Waals surface area contributed by atoms with E-state index in [2.05, 4.69) is 28.7 Å². The van der Waals surface area contributed by atoms with Crippen LogP contribution >= 0.6 is 22.6 Å². The molecule has 0 saturated heterocycles. The summed E-state index contributed by atoms with van der Waals surface area (Å²) in [6.07, 6.45) is 0.411.